The molecule has 1 amide bonds. The van der Waals surface area contributed by atoms with Gasteiger partial charge in [0.2, 0.25) is 5.91 Å². The van der Waals surface area contributed by atoms with Crippen LogP contribution >= 0.6 is 11.3 Å². The van der Waals surface area contributed by atoms with E-state index in [1.54, 1.807) is 12.3 Å². The second-order valence-corrected chi connectivity index (χ2v) is 7.48. The van der Waals surface area contributed by atoms with E-state index in [-0.39, 0.29) is 11.7 Å². The molecule has 1 aromatic heterocycles. The lowest BCUT2D eigenvalue weighted by molar-refractivity contribution is -0.116. The molecule has 1 fully saturated rings. The Morgan fingerprint density at radius 1 is 1.24 bits per heavy atom. The molecule has 2 heterocycles. The molecule has 0 atom stereocenters. The first-order valence-corrected chi connectivity index (χ1v) is 9.76. The average Bonchev–Trinajstić information content (AvgIpc) is 2.90. The predicted molar refractivity (Wildman–Crippen MR) is 100 cm³/mol. The van der Waals surface area contributed by atoms with Crippen molar-refractivity contribution in [3.63, 3.8) is 0 Å². The molecular weight excluding hydrogens is 337 g/mol. The molecule has 0 bridgehead atoms. The van der Waals surface area contributed by atoms with Crippen LogP contribution in [-0.2, 0) is 4.79 Å². The van der Waals surface area contributed by atoms with E-state index in [2.05, 4.69) is 15.2 Å². The van der Waals surface area contributed by atoms with Gasteiger partial charge in [0.15, 0.2) is 0 Å². The van der Waals surface area contributed by atoms with Gasteiger partial charge in [0.25, 0.3) is 0 Å². The van der Waals surface area contributed by atoms with E-state index in [0.29, 0.717) is 16.4 Å². The highest BCUT2D eigenvalue weighted by atomic mass is 32.1. The van der Waals surface area contributed by atoms with Gasteiger partial charge in [-0.15, -0.1) is 0 Å². The van der Waals surface area contributed by atoms with E-state index in [4.69, 9.17) is 0 Å². The van der Waals surface area contributed by atoms with Crippen molar-refractivity contribution < 1.29 is 9.18 Å². The van der Waals surface area contributed by atoms with Crippen LogP contribution in [0.1, 0.15) is 38.5 Å². The normalized spacial score (nSPS) is 15.7. The summed E-state index contributed by atoms with van der Waals surface area (Å²) in [5.74, 6) is -0.268. The number of nitrogens with zero attached hydrogens (tertiary/aromatic N) is 2. The lowest BCUT2D eigenvalue weighted by Gasteiger charge is -2.19. The molecule has 3 rings (SSSR count). The van der Waals surface area contributed by atoms with Gasteiger partial charge in [0.05, 0.1) is 6.20 Å². The molecule has 25 heavy (non-hydrogen) atoms. The van der Waals surface area contributed by atoms with Crippen LogP contribution in [0.15, 0.2) is 30.5 Å². The number of likely N-dealkylation sites (tertiary alicyclic amines) is 1. The molecule has 1 aliphatic rings. The number of anilines is 1. The molecule has 1 N–H and O–H groups in total. The second-order valence-electron chi connectivity index (χ2n) is 6.45. The van der Waals surface area contributed by atoms with Crippen LogP contribution < -0.4 is 5.32 Å². The summed E-state index contributed by atoms with van der Waals surface area (Å²) in [7, 11) is 0. The third-order valence-corrected chi connectivity index (χ3v) is 5.38. The summed E-state index contributed by atoms with van der Waals surface area (Å²) in [4.78, 5) is 18.9. The van der Waals surface area contributed by atoms with E-state index in [9.17, 15) is 9.18 Å². The van der Waals surface area contributed by atoms with Crippen molar-refractivity contribution >= 4 is 22.2 Å². The Hall–Kier alpha value is -1.79. The van der Waals surface area contributed by atoms with Crippen LogP contribution in [0.4, 0.5) is 9.39 Å². The third kappa shape index (κ3) is 5.61. The second kappa shape index (κ2) is 9.06. The van der Waals surface area contributed by atoms with E-state index in [1.165, 1.54) is 49.2 Å². The molecule has 1 aliphatic heterocycles. The first-order chi connectivity index (χ1) is 12.2. The van der Waals surface area contributed by atoms with Crippen molar-refractivity contribution in [2.24, 2.45) is 0 Å². The lowest BCUT2D eigenvalue weighted by atomic mass is 10.2. The van der Waals surface area contributed by atoms with Crippen LogP contribution in [0.5, 0.6) is 0 Å². The van der Waals surface area contributed by atoms with Crippen LogP contribution in [0.3, 0.4) is 0 Å². The van der Waals surface area contributed by atoms with Gasteiger partial charge in [0, 0.05) is 12.0 Å². The monoisotopic (exact) mass is 361 g/mol. The minimum atomic E-state index is -0.285. The molecule has 0 spiro atoms. The number of hydrogen-bond acceptors (Lipinski definition) is 4. The van der Waals surface area contributed by atoms with E-state index in [0.717, 1.165) is 31.6 Å². The molecule has 4 nitrogen and oxygen atoms in total. The number of aromatic nitrogens is 1. The number of thiazole rings is 1. The summed E-state index contributed by atoms with van der Waals surface area (Å²) in [6.07, 6.45) is 8.24. The smallest absolute Gasteiger partial charge is 0.225 e. The Balaban J connectivity index is 1.45. The van der Waals surface area contributed by atoms with Gasteiger partial charge in [-0.3, -0.25) is 4.79 Å². The number of benzene rings is 1. The number of nitrogens with one attached hydrogen (secondary N) is 1. The number of hydrogen-bond donors (Lipinski definition) is 1. The number of carbonyl (C=O) groups excluding carboxylic acids is 1. The number of carbonyl (C=O) groups is 1. The van der Waals surface area contributed by atoms with Crippen LogP contribution in [0.2, 0.25) is 0 Å². The number of rotatable bonds is 6. The number of halogens is 1. The fourth-order valence-corrected chi connectivity index (χ4v) is 3.94. The van der Waals surface area contributed by atoms with Gasteiger partial charge < -0.3 is 10.2 Å². The molecule has 0 saturated carbocycles. The minimum absolute atomic E-state index is 0.0178. The summed E-state index contributed by atoms with van der Waals surface area (Å²) < 4.78 is 13.3. The summed E-state index contributed by atoms with van der Waals surface area (Å²) in [5, 5.41) is 4.32. The Morgan fingerprint density at radius 3 is 2.80 bits per heavy atom. The Bertz CT molecular complexity index is 695. The van der Waals surface area contributed by atoms with Gasteiger partial charge in [-0.2, -0.15) is 0 Å². The zero-order valence-corrected chi connectivity index (χ0v) is 15.2. The topological polar surface area (TPSA) is 45.2 Å². The van der Waals surface area contributed by atoms with Crippen molar-refractivity contribution in [2.45, 2.75) is 38.5 Å². The quantitative estimate of drug-likeness (QED) is 0.821. The molecule has 2 aromatic rings. The maximum Gasteiger partial charge on any atom is 0.225 e. The first-order valence-electron chi connectivity index (χ1n) is 8.95. The molecule has 134 valence electrons. The predicted octanol–water partition coefficient (Wildman–Crippen LogP) is 4.54. The number of amides is 1. The molecular formula is C19H24FN3OS. The Labute approximate surface area is 152 Å². The standard InChI is InChI=1S/C19H24FN3OS/c20-16-8-5-7-15(13-16)19-21-14-18(25-19)22-17(24)9-6-12-23-10-3-1-2-4-11-23/h5,7-8,13-14H,1-4,6,9-12H2,(H,22,24). The zero-order valence-electron chi connectivity index (χ0n) is 14.3. The third-order valence-electron chi connectivity index (χ3n) is 4.42. The summed E-state index contributed by atoms with van der Waals surface area (Å²) >= 11 is 1.37. The van der Waals surface area contributed by atoms with Crippen molar-refractivity contribution in [1.29, 1.82) is 0 Å². The van der Waals surface area contributed by atoms with Gasteiger partial charge in [-0.05, 0) is 51.0 Å². The SMILES string of the molecule is O=C(CCCN1CCCCCC1)Nc1cnc(-c2cccc(F)c2)s1. The molecule has 0 radical (unpaired) electrons. The van der Waals surface area contributed by atoms with Gasteiger partial charge in [0.1, 0.15) is 15.8 Å². The highest BCUT2D eigenvalue weighted by Gasteiger charge is 2.11. The van der Waals surface area contributed by atoms with Crippen LogP contribution in [-0.4, -0.2) is 35.4 Å². The molecule has 0 aliphatic carbocycles. The van der Waals surface area contributed by atoms with Gasteiger partial charge in [-0.25, -0.2) is 9.37 Å². The van der Waals surface area contributed by atoms with Crippen molar-refractivity contribution in [2.75, 3.05) is 25.0 Å². The van der Waals surface area contributed by atoms with Crippen molar-refractivity contribution in [3.8, 4) is 10.6 Å². The Morgan fingerprint density at radius 2 is 2.04 bits per heavy atom. The van der Waals surface area contributed by atoms with Crippen molar-refractivity contribution in [3.05, 3.63) is 36.3 Å². The summed E-state index contributed by atoms with van der Waals surface area (Å²) in [6, 6.07) is 6.33. The average molecular weight is 361 g/mol. The summed E-state index contributed by atoms with van der Waals surface area (Å²) in [5.41, 5.74) is 0.728. The zero-order chi connectivity index (χ0) is 17.5. The maximum atomic E-state index is 13.3. The fraction of sp³-hybridized carbons (Fsp3) is 0.474. The van der Waals surface area contributed by atoms with E-state index in [1.807, 2.05) is 6.07 Å². The highest BCUT2D eigenvalue weighted by molar-refractivity contribution is 7.19. The van der Waals surface area contributed by atoms with Gasteiger partial charge >= 0.3 is 0 Å². The highest BCUT2D eigenvalue weighted by Crippen LogP contribution is 2.28. The molecule has 6 heteroatoms. The first kappa shape index (κ1) is 18.0. The van der Waals surface area contributed by atoms with Crippen molar-refractivity contribution in [1.82, 2.24) is 9.88 Å². The van der Waals surface area contributed by atoms with E-state index < -0.39 is 0 Å². The molecule has 1 aromatic carbocycles. The van der Waals surface area contributed by atoms with E-state index >= 15 is 0 Å². The lowest BCUT2D eigenvalue weighted by Crippen LogP contribution is -2.26. The minimum Gasteiger partial charge on any atom is -0.316 e. The molecule has 1 saturated heterocycles. The summed E-state index contributed by atoms with van der Waals surface area (Å²) in [6.45, 7) is 3.31. The van der Waals surface area contributed by atoms with Gasteiger partial charge in [-0.1, -0.05) is 36.3 Å². The van der Waals surface area contributed by atoms with Crippen LogP contribution in [0.25, 0.3) is 10.6 Å². The van der Waals surface area contributed by atoms with Crippen LogP contribution in [0, 0.1) is 5.82 Å². The largest absolute Gasteiger partial charge is 0.316 e. The Kier molecular flexibility index (Phi) is 6.53. The maximum absolute atomic E-state index is 13.3. The molecule has 0 unspecified atom stereocenters. The fourth-order valence-electron chi connectivity index (χ4n) is 3.11.